The van der Waals surface area contributed by atoms with E-state index in [1.165, 1.54) is 0 Å². The van der Waals surface area contributed by atoms with Gasteiger partial charge in [0.1, 0.15) is 17.9 Å². The van der Waals surface area contributed by atoms with Crippen molar-refractivity contribution >= 4 is 76.6 Å². The Kier molecular flexibility index (Phi) is 9.78. The Hall–Kier alpha value is -2.07. The zero-order chi connectivity index (χ0) is 22.0. The van der Waals surface area contributed by atoms with Gasteiger partial charge in [0.05, 0.1) is 40.0 Å². The third-order valence-electron chi connectivity index (χ3n) is 5.00. The fourth-order valence-corrected chi connectivity index (χ4v) is 4.06. The molecule has 2 amide bonds. The molecule has 33 heavy (non-hydrogen) atoms. The van der Waals surface area contributed by atoms with Crippen LogP contribution in [0.3, 0.4) is 0 Å². The van der Waals surface area contributed by atoms with E-state index in [0.29, 0.717) is 43.3 Å². The van der Waals surface area contributed by atoms with E-state index in [9.17, 15) is 9.59 Å². The first-order valence-electron chi connectivity index (χ1n) is 9.77. The maximum absolute atomic E-state index is 12.8. The minimum atomic E-state index is -0.430. The summed E-state index contributed by atoms with van der Waals surface area (Å²) in [5, 5.41) is 5.21. The van der Waals surface area contributed by atoms with Crippen LogP contribution in [-0.4, -0.2) is 52.7 Å². The number of halogens is 4. The maximum Gasteiger partial charge on any atom is 0.258 e. The SMILES string of the molecule is Cc1nc2c(NC(=O)c3c(Cl)cccc3Cl)cccc2n1CC(=O)NN1CCOCC1.Cl.Cl. The van der Waals surface area contributed by atoms with Crippen LogP contribution >= 0.6 is 48.0 Å². The molecule has 1 saturated heterocycles. The van der Waals surface area contributed by atoms with Crippen LogP contribution in [0, 0.1) is 6.92 Å². The summed E-state index contributed by atoms with van der Waals surface area (Å²) in [6, 6.07) is 10.3. The molecule has 0 unspecified atom stereocenters. The Morgan fingerprint density at radius 1 is 1.06 bits per heavy atom. The monoisotopic (exact) mass is 533 g/mol. The van der Waals surface area contributed by atoms with Gasteiger partial charge >= 0.3 is 0 Å². The summed E-state index contributed by atoms with van der Waals surface area (Å²) in [5.41, 5.74) is 4.92. The summed E-state index contributed by atoms with van der Waals surface area (Å²) in [5.74, 6) is 0.0755. The average molecular weight is 535 g/mol. The normalized spacial score (nSPS) is 13.7. The smallest absolute Gasteiger partial charge is 0.258 e. The molecule has 1 aromatic heterocycles. The topological polar surface area (TPSA) is 88.5 Å². The Bertz CT molecular complexity index is 1130. The van der Waals surface area contributed by atoms with Gasteiger partial charge in [-0.1, -0.05) is 35.3 Å². The lowest BCUT2D eigenvalue weighted by Gasteiger charge is -2.27. The van der Waals surface area contributed by atoms with Gasteiger partial charge in [-0.2, -0.15) is 0 Å². The molecule has 178 valence electrons. The molecule has 8 nitrogen and oxygen atoms in total. The van der Waals surface area contributed by atoms with E-state index in [4.69, 9.17) is 27.9 Å². The van der Waals surface area contributed by atoms with Crippen molar-refractivity contribution in [2.24, 2.45) is 0 Å². The number of imidazole rings is 1. The number of ether oxygens (including phenoxy) is 1. The van der Waals surface area contributed by atoms with Crippen molar-refractivity contribution in [3.63, 3.8) is 0 Å². The Morgan fingerprint density at radius 3 is 2.36 bits per heavy atom. The molecule has 4 rings (SSSR count). The van der Waals surface area contributed by atoms with Crippen molar-refractivity contribution in [2.75, 3.05) is 31.6 Å². The number of fused-ring (bicyclic) bond motifs is 1. The highest BCUT2D eigenvalue weighted by atomic mass is 35.5. The summed E-state index contributed by atoms with van der Waals surface area (Å²) >= 11 is 12.3. The van der Waals surface area contributed by atoms with Gasteiger partial charge in [0.2, 0.25) is 0 Å². The zero-order valence-electron chi connectivity index (χ0n) is 17.6. The molecule has 12 heteroatoms. The van der Waals surface area contributed by atoms with Crippen LogP contribution in [-0.2, 0) is 16.1 Å². The van der Waals surface area contributed by atoms with Gasteiger partial charge in [-0.15, -0.1) is 24.8 Å². The molecule has 1 aliphatic heterocycles. The summed E-state index contributed by atoms with van der Waals surface area (Å²) in [4.78, 5) is 29.9. The number of amides is 2. The molecule has 0 spiro atoms. The molecular formula is C21H23Cl4N5O3. The van der Waals surface area contributed by atoms with Gasteiger partial charge in [0.25, 0.3) is 11.8 Å². The van der Waals surface area contributed by atoms with Crippen LogP contribution in [0.15, 0.2) is 36.4 Å². The van der Waals surface area contributed by atoms with Crippen molar-refractivity contribution in [1.82, 2.24) is 20.0 Å². The van der Waals surface area contributed by atoms with E-state index in [2.05, 4.69) is 15.7 Å². The standard InChI is InChI=1S/C21H21Cl2N5O3.2ClH/c1-13-24-20-16(25-21(30)19-14(22)4-2-5-15(19)23)6-3-7-17(20)28(13)12-18(29)26-27-8-10-31-11-9-27;;/h2-7H,8-12H2,1H3,(H,25,30)(H,26,29);2*1H. The minimum Gasteiger partial charge on any atom is -0.379 e. The third-order valence-corrected chi connectivity index (χ3v) is 5.63. The number of hydrazine groups is 1. The third kappa shape index (κ3) is 6.09. The molecule has 0 bridgehead atoms. The number of nitrogens with one attached hydrogen (secondary N) is 2. The van der Waals surface area contributed by atoms with Crippen molar-refractivity contribution in [1.29, 1.82) is 0 Å². The van der Waals surface area contributed by atoms with E-state index in [-0.39, 0.29) is 52.9 Å². The second kappa shape index (κ2) is 11.9. The second-order valence-electron chi connectivity index (χ2n) is 7.10. The number of carbonyl (C=O) groups excluding carboxylic acids is 2. The predicted octanol–water partition coefficient (Wildman–Crippen LogP) is 4.11. The first-order chi connectivity index (χ1) is 14.9. The first-order valence-corrected chi connectivity index (χ1v) is 10.5. The number of hydrogen-bond acceptors (Lipinski definition) is 5. The van der Waals surface area contributed by atoms with E-state index in [1.54, 1.807) is 30.3 Å². The quantitative estimate of drug-likeness (QED) is 0.514. The number of carbonyl (C=O) groups is 2. The van der Waals surface area contributed by atoms with Gasteiger partial charge in [-0.25, -0.2) is 9.99 Å². The van der Waals surface area contributed by atoms with Crippen molar-refractivity contribution in [2.45, 2.75) is 13.5 Å². The number of anilines is 1. The lowest BCUT2D eigenvalue weighted by atomic mass is 10.2. The molecule has 0 aliphatic carbocycles. The molecule has 2 aromatic carbocycles. The average Bonchev–Trinajstić information content (AvgIpc) is 3.05. The highest BCUT2D eigenvalue weighted by molar-refractivity contribution is 6.40. The molecule has 2 N–H and O–H groups in total. The number of aryl methyl sites for hydroxylation is 1. The van der Waals surface area contributed by atoms with Gasteiger partial charge in [-0.3, -0.25) is 15.0 Å². The van der Waals surface area contributed by atoms with Crippen molar-refractivity contribution in [3.05, 3.63) is 57.8 Å². The molecule has 0 radical (unpaired) electrons. The Morgan fingerprint density at radius 2 is 1.70 bits per heavy atom. The van der Waals surface area contributed by atoms with E-state index in [0.717, 1.165) is 5.52 Å². The lowest BCUT2D eigenvalue weighted by Crippen LogP contribution is -2.49. The van der Waals surface area contributed by atoms with Crippen molar-refractivity contribution in [3.8, 4) is 0 Å². The fraction of sp³-hybridized carbons (Fsp3) is 0.286. The largest absolute Gasteiger partial charge is 0.379 e. The number of nitrogens with zero attached hydrogens (tertiary/aromatic N) is 3. The number of rotatable bonds is 5. The Balaban J connectivity index is 0.00000193. The van der Waals surface area contributed by atoms with Gasteiger partial charge in [0, 0.05) is 13.1 Å². The fourth-order valence-electron chi connectivity index (χ4n) is 3.49. The van der Waals surface area contributed by atoms with Gasteiger partial charge in [0.15, 0.2) is 0 Å². The predicted molar refractivity (Wildman–Crippen MR) is 134 cm³/mol. The van der Waals surface area contributed by atoms with Gasteiger partial charge < -0.3 is 14.6 Å². The van der Waals surface area contributed by atoms with Crippen LogP contribution < -0.4 is 10.7 Å². The van der Waals surface area contributed by atoms with E-state index >= 15 is 0 Å². The Labute approximate surface area is 213 Å². The zero-order valence-corrected chi connectivity index (χ0v) is 20.8. The highest BCUT2D eigenvalue weighted by Crippen LogP contribution is 2.28. The second-order valence-corrected chi connectivity index (χ2v) is 7.92. The number of morpholine rings is 1. The maximum atomic E-state index is 12.8. The van der Waals surface area contributed by atoms with Crippen LogP contribution in [0.1, 0.15) is 16.2 Å². The molecule has 0 saturated carbocycles. The van der Waals surface area contributed by atoms with E-state index < -0.39 is 5.91 Å². The number of benzene rings is 2. The van der Waals surface area contributed by atoms with Gasteiger partial charge in [-0.05, 0) is 31.2 Å². The number of aromatic nitrogens is 2. The summed E-state index contributed by atoms with van der Waals surface area (Å²) < 4.78 is 7.11. The van der Waals surface area contributed by atoms with Crippen LogP contribution in [0.5, 0.6) is 0 Å². The van der Waals surface area contributed by atoms with Crippen LogP contribution in [0.25, 0.3) is 11.0 Å². The minimum absolute atomic E-state index is 0. The molecule has 1 aliphatic rings. The van der Waals surface area contributed by atoms with Crippen LogP contribution in [0.2, 0.25) is 10.0 Å². The summed E-state index contributed by atoms with van der Waals surface area (Å²) in [6.07, 6.45) is 0. The van der Waals surface area contributed by atoms with E-state index in [1.807, 2.05) is 22.6 Å². The molecule has 1 fully saturated rings. The highest BCUT2D eigenvalue weighted by Gasteiger charge is 2.19. The van der Waals surface area contributed by atoms with Crippen molar-refractivity contribution < 1.29 is 14.3 Å². The first kappa shape index (κ1) is 27.2. The number of hydrogen-bond donors (Lipinski definition) is 2. The molecule has 3 aromatic rings. The molecule has 2 heterocycles. The molecular weight excluding hydrogens is 512 g/mol. The summed E-state index contributed by atoms with van der Waals surface area (Å²) in [7, 11) is 0. The summed E-state index contributed by atoms with van der Waals surface area (Å²) in [6.45, 7) is 4.40. The molecule has 0 atom stereocenters. The number of para-hydroxylation sites is 1. The lowest BCUT2D eigenvalue weighted by molar-refractivity contribution is -0.128. The van der Waals surface area contributed by atoms with Crippen LogP contribution in [0.4, 0.5) is 5.69 Å².